The largest absolute Gasteiger partial charge is 1.00 e. The maximum absolute atomic E-state index is 13.3. The number of alkyl halides is 3. The van der Waals surface area contributed by atoms with Crippen LogP contribution in [0.2, 0.25) is 0 Å². The molecule has 0 saturated heterocycles. The van der Waals surface area contributed by atoms with Gasteiger partial charge in [-0.25, -0.2) is 9.13 Å². The van der Waals surface area contributed by atoms with Crippen molar-refractivity contribution in [3.05, 3.63) is 58.3 Å². The Morgan fingerprint density at radius 3 is 2.53 bits per heavy atom. The molecule has 30 heavy (non-hydrogen) atoms. The van der Waals surface area contributed by atoms with E-state index in [4.69, 9.17) is 0 Å². The van der Waals surface area contributed by atoms with Gasteiger partial charge in [-0.2, -0.15) is 13.2 Å². The fourth-order valence-corrected chi connectivity index (χ4v) is 4.14. The average Bonchev–Trinajstić information content (AvgIpc) is 2.82. The SMILES string of the molecule is O=C(Cn1c2[n+](c3ccc(C(F)(F)F)cc31)CCCCC2)Nc1ccc(Br)cc1.[Cl-]. The highest BCUT2D eigenvalue weighted by atomic mass is 79.9. The highest BCUT2D eigenvalue weighted by Crippen LogP contribution is 2.32. The monoisotopic (exact) mass is 501 g/mol. The molecule has 9 heteroatoms. The van der Waals surface area contributed by atoms with Gasteiger partial charge in [0.15, 0.2) is 17.6 Å². The number of nitrogens with zero attached hydrogens (tertiary/aromatic N) is 2. The molecular formula is C21H20BrClF3N3O. The molecule has 0 spiro atoms. The summed E-state index contributed by atoms with van der Waals surface area (Å²) in [6.45, 7) is 0.717. The van der Waals surface area contributed by atoms with Crippen molar-refractivity contribution < 1.29 is 34.9 Å². The molecule has 3 aromatic rings. The highest BCUT2D eigenvalue weighted by molar-refractivity contribution is 9.10. The van der Waals surface area contributed by atoms with Gasteiger partial charge in [-0.1, -0.05) is 15.9 Å². The summed E-state index contributed by atoms with van der Waals surface area (Å²) >= 11 is 3.35. The van der Waals surface area contributed by atoms with Gasteiger partial charge < -0.3 is 17.7 Å². The third kappa shape index (κ3) is 4.64. The number of imidazole rings is 1. The van der Waals surface area contributed by atoms with Crippen LogP contribution >= 0.6 is 15.9 Å². The van der Waals surface area contributed by atoms with Gasteiger partial charge in [-0.3, -0.25) is 4.79 Å². The van der Waals surface area contributed by atoms with Crippen LogP contribution in [0.25, 0.3) is 11.0 Å². The van der Waals surface area contributed by atoms with Gasteiger partial charge in [0, 0.05) is 22.6 Å². The molecule has 4 rings (SSSR count). The first kappa shape index (κ1) is 22.6. The minimum atomic E-state index is -4.43. The molecule has 1 aromatic heterocycles. The fourth-order valence-electron chi connectivity index (χ4n) is 3.87. The Kier molecular flexibility index (Phi) is 6.77. The first-order valence-corrected chi connectivity index (χ1v) is 10.3. The molecule has 1 aliphatic rings. The van der Waals surface area contributed by atoms with Crippen LogP contribution in [0.1, 0.15) is 30.7 Å². The number of aromatic nitrogens is 2. The van der Waals surface area contributed by atoms with Gasteiger partial charge in [0.25, 0.3) is 11.7 Å². The first-order chi connectivity index (χ1) is 13.8. The summed E-state index contributed by atoms with van der Waals surface area (Å²) in [5, 5.41) is 2.83. The van der Waals surface area contributed by atoms with Crippen LogP contribution in [0.3, 0.4) is 0 Å². The molecule has 0 saturated carbocycles. The zero-order valence-corrected chi connectivity index (χ0v) is 18.3. The third-order valence-corrected chi connectivity index (χ3v) is 5.75. The minimum Gasteiger partial charge on any atom is -1.00 e. The fraction of sp³-hybridized carbons (Fsp3) is 0.333. The van der Waals surface area contributed by atoms with Crippen molar-refractivity contribution in [2.75, 3.05) is 5.32 Å². The van der Waals surface area contributed by atoms with Crippen molar-refractivity contribution in [3.63, 3.8) is 0 Å². The van der Waals surface area contributed by atoms with E-state index in [2.05, 4.69) is 25.8 Å². The number of hydrogen-bond acceptors (Lipinski definition) is 1. The number of aryl methyl sites for hydroxylation is 1. The van der Waals surface area contributed by atoms with Crippen molar-refractivity contribution in [1.82, 2.24) is 4.57 Å². The third-order valence-electron chi connectivity index (χ3n) is 5.22. The molecule has 160 valence electrons. The van der Waals surface area contributed by atoms with E-state index >= 15 is 0 Å². The maximum Gasteiger partial charge on any atom is 0.416 e. The lowest BCUT2D eigenvalue weighted by molar-refractivity contribution is -0.678. The van der Waals surface area contributed by atoms with Crippen LogP contribution in [0, 0.1) is 0 Å². The summed E-state index contributed by atoms with van der Waals surface area (Å²) in [5.41, 5.74) is 1.13. The number of hydrogen-bond donors (Lipinski definition) is 1. The molecule has 1 aliphatic heterocycles. The Balaban J connectivity index is 0.00000256. The summed E-state index contributed by atoms with van der Waals surface area (Å²) in [6.07, 6.45) is -0.693. The van der Waals surface area contributed by atoms with Crippen molar-refractivity contribution in [2.24, 2.45) is 0 Å². The van der Waals surface area contributed by atoms with E-state index in [-0.39, 0.29) is 24.9 Å². The summed E-state index contributed by atoms with van der Waals surface area (Å²) in [4.78, 5) is 12.7. The van der Waals surface area contributed by atoms with E-state index < -0.39 is 11.7 Å². The molecule has 0 fully saturated rings. The van der Waals surface area contributed by atoms with Crippen LogP contribution in [-0.4, -0.2) is 10.5 Å². The number of halogens is 5. The number of carbonyl (C=O) groups is 1. The smallest absolute Gasteiger partial charge is 0.416 e. The lowest BCUT2D eigenvalue weighted by atomic mass is 10.2. The zero-order chi connectivity index (χ0) is 20.6. The summed E-state index contributed by atoms with van der Waals surface area (Å²) < 4.78 is 44.5. The van der Waals surface area contributed by atoms with Crippen molar-refractivity contribution in [2.45, 2.75) is 44.9 Å². The van der Waals surface area contributed by atoms with E-state index in [1.54, 1.807) is 16.7 Å². The van der Waals surface area contributed by atoms with Crippen LogP contribution in [0.5, 0.6) is 0 Å². The summed E-state index contributed by atoms with van der Waals surface area (Å²) in [6, 6.07) is 11.0. The van der Waals surface area contributed by atoms with Gasteiger partial charge in [0.05, 0.1) is 12.1 Å². The van der Waals surface area contributed by atoms with Gasteiger partial charge in [-0.15, -0.1) is 0 Å². The second-order valence-corrected chi connectivity index (χ2v) is 8.14. The van der Waals surface area contributed by atoms with Crippen LogP contribution in [0.15, 0.2) is 46.9 Å². The predicted octanol–water partition coefficient (Wildman–Crippen LogP) is 2.08. The Bertz CT molecular complexity index is 1060. The molecule has 4 nitrogen and oxygen atoms in total. The van der Waals surface area contributed by atoms with Crippen molar-refractivity contribution in [1.29, 1.82) is 0 Å². The quantitative estimate of drug-likeness (QED) is 0.547. The number of amides is 1. The number of nitrogens with one attached hydrogen (secondary N) is 1. The molecule has 2 aromatic carbocycles. The summed E-state index contributed by atoms with van der Waals surface area (Å²) in [5.74, 6) is 0.636. The van der Waals surface area contributed by atoms with E-state index in [0.29, 0.717) is 11.2 Å². The Labute approximate surface area is 186 Å². The zero-order valence-electron chi connectivity index (χ0n) is 16.0. The van der Waals surface area contributed by atoms with Gasteiger partial charge >= 0.3 is 6.18 Å². The molecule has 0 aliphatic carbocycles. The normalized spacial score (nSPS) is 14.0. The number of anilines is 1. The lowest BCUT2D eigenvalue weighted by Crippen LogP contribution is -3.00. The molecular weight excluding hydrogens is 483 g/mol. The van der Waals surface area contributed by atoms with E-state index in [1.807, 2.05) is 12.1 Å². The van der Waals surface area contributed by atoms with Crippen molar-refractivity contribution >= 4 is 38.6 Å². The van der Waals surface area contributed by atoms with Gasteiger partial charge in [0.1, 0.15) is 0 Å². The predicted molar refractivity (Wildman–Crippen MR) is 107 cm³/mol. The molecule has 1 N–H and O–H groups in total. The van der Waals surface area contributed by atoms with Crippen LogP contribution in [-0.2, 0) is 30.5 Å². The Hall–Kier alpha value is -2.06. The Morgan fingerprint density at radius 1 is 1.10 bits per heavy atom. The lowest BCUT2D eigenvalue weighted by Gasteiger charge is -2.07. The number of carbonyl (C=O) groups excluding carboxylic acids is 1. The molecule has 2 heterocycles. The van der Waals surface area contributed by atoms with Crippen LogP contribution in [0.4, 0.5) is 18.9 Å². The standard InChI is InChI=1S/C21H19BrF3N3O.ClH/c22-15-6-8-16(9-7-15)26-19(29)13-28-18-12-14(21(23,24)25)5-10-17(18)27-11-3-1-2-4-20(27)28;/h5-10,12H,1-4,11,13H2;1H. The topological polar surface area (TPSA) is 37.9 Å². The second kappa shape index (κ2) is 8.98. The van der Waals surface area contributed by atoms with E-state index in [1.165, 1.54) is 6.07 Å². The van der Waals surface area contributed by atoms with E-state index in [0.717, 1.165) is 60.2 Å². The van der Waals surface area contributed by atoms with Gasteiger partial charge in [-0.05, 0) is 55.7 Å². The number of fused-ring (bicyclic) bond motifs is 3. The Morgan fingerprint density at radius 2 is 1.83 bits per heavy atom. The second-order valence-electron chi connectivity index (χ2n) is 7.22. The van der Waals surface area contributed by atoms with Crippen molar-refractivity contribution in [3.8, 4) is 0 Å². The highest BCUT2D eigenvalue weighted by Gasteiger charge is 2.34. The number of benzene rings is 2. The molecule has 0 bridgehead atoms. The van der Waals surface area contributed by atoms with E-state index in [9.17, 15) is 18.0 Å². The molecule has 1 amide bonds. The average molecular weight is 503 g/mol. The molecule has 0 radical (unpaired) electrons. The maximum atomic E-state index is 13.3. The number of rotatable bonds is 3. The van der Waals surface area contributed by atoms with Gasteiger partial charge in [0.2, 0.25) is 0 Å². The molecule has 0 atom stereocenters. The molecule has 0 unspecified atom stereocenters. The first-order valence-electron chi connectivity index (χ1n) is 9.50. The minimum absolute atomic E-state index is 0. The summed E-state index contributed by atoms with van der Waals surface area (Å²) in [7, 11) is 0. The van der Waals surface area contributed by atoms with Crippen LogP contribution < -0.4 is 22.3 Å².